The molecule has 3 N–H and O–H groups in total. The molecule has 5 nitrogen and oxygen atoms in total. The van der Waals surface area contributed by atoms with Crippen LogP contribution in [-0.4, -0.2) is 19.0 Å². The summed E-state index contributed by atoms with van der Waals surface area (Å²) in [5, 5.41) is 0. The number of hydrogen-bond acceptors (Lipinski definition) is 3. The normalized spacial score (nSPS) is 24.0. The molecule has 0 saturated heterocycles. The summed E-state index contributed by atoms with van der Waals surface area (Å²) >= 11 is 0. The van der Waals surface area contributed by atoms with E-state index in [-0.39, 0.29) is 6.04 Å². The zero-order valence-electron chi connectivity index (χ0n) is 13.0. The highest BCUT2D eigenvalue weighted by Crippen LogP contribution is 2.24. The monoisotopic (exact) mass is 313 g/mol. The molecule has 1 aromatic heterocycles. The Morgan fingerprint density at radius 1 is 1.33 bits per heavy atom. The molecule has 1 heterocycles. The summed E-state index contributed by atoms with van der Waals surface area (Å²) in [7, 11) is -3.44. The van der Waals surface area contributed by atoms with Crippen molar-refractivity contribution < 1.29 is 8.42 Å². The van der Waals surface area contributed by atoms with Crippen molar-refractivity contribution in [2.24, 2.45) is 11.7 Å². The van der Waals surface area contributed by atoms with Crippen molar-refractivity contribution in [3.63, 3.8) is 0 Å². The molecule has 0 bridgehead atoms. The first-order valence-corrected chi connectivity index (χ1v) is 9.36. The van der Waals surface area contributed by atoms with Gasteiger partial charge in [-0.15, -0.1) is 0 Å². The Kier molecular flexibility index (Phi) is 5.46. The van der Waals surface area contributed by atoms with Crippen LogP contribution in [0.5, 0.6) is 0 Å². The average molecular weight is 313 g/mol. The maximum Gasteiger partial charge on any atom is 0.242 e. The van der Waals surface area contributed by atoms with E-state index in [0.29, 0.717) is 17.4 Å². The molecule has 1 aromatic rings. The van der Waals surface area contributed by atoms with Crippen molar-refractivity contribution >= 4 is 10.0 Å². The van der Waals surface area contributed by atoms with Crippen LogP contribution in [0.1, 0.15) is 51.6 Å². The Bertz CT molecular complexity index is 544. The van der Waals surface area contributed by atoms with Crippen molar-refractivity contribution in [3.05, 3.63) is 18.0 Å². The van der Waals surface area contributed by atoms with Gasteiger partial charge in [-0.05, 0) is 38.2 Å². The molecule has 120 valence electrons. The lowest BCUT2D eigenvalue weighted by atomic mass is 10.0. The summed E-state index contributed by atoms with van der Waals surface area (Å²) in [6.45, 7) is 5.30. The van der Waals surface area contributed by atoms with E-state index in [9.17, 15) is 8.42 Å². The minimum absolute atomic E-state index is 0.0613. The van der Waals surface area contributed by atoms with Gasteiger partial charge in [0.25, 0.3) is 0 Å². The van der Waals surface area contributed by atoms with Crippen LogP contribution >= 0.6 is 0 Å². The molecular formula is C15H27N3O2S. The van der Waals surface area contributed by atoms with Gasteiger partial charge in [0.15, 0.2) is 0 Å². The number of rotatable bonds is 5. The smallest absolute Gasteiger partial charge is 0.242 e. The predicted molar refractivity (Wildman–Crippen MR) is 84.4 cm³/mol. The number of sulfonamides is 1. The lowest BCUT2D eigenvalue weighted by molar-refractivity contribution is 0.484. The lowest BCUT2D eigenvalue weighted by Gasteiger charge is -2.15. The first-order chi connectivity index (χ1) is 9.96. The van der Waals surface area contributed by atoms with E-state index in [2.05, 4.69) is 11.6 Å². The van der Waals surface area contributed by atoms with Crippen LogP contribution in [0, 0.1) is 5.92 Å². The van der Waals surface area contributed by atoms with Crippen molar-refractivity contribution in [1.29, 1.82) is 0 Å². The second-order valence-corrected chi connectivity index (χ2v) is 7.80. The molecule has 1 aliphatic carbocycles. The van der Waals surface area contributed by atoms with Crippen LogP contribution in [0.4, 0.5) is 0 Å². The summed E-state index contributed by atoms with van der Waals surface area (Å²) in [4.78, 5) is 0.335. The van der Waals surface area contributed by atoms with Crippen LogP contribution in [0.25, 0.3) is 0 Å². The van der Waals surface area contributed by atoms with Gasteiger partial charge in [0.2, 0.25) is 10.0 Å². The molecule has 1 saturated carbocycles. The molecule has 0 spiro atoms. The third kappa shape index (κ3) is 4.08. The fraction of sp³-hybridized carbons (Fsp3) is 0.733. The number of nitrogens with one attached hydrogen (secondary N) is 1. The van der Waals surface area contributed by atoms with Gasteiger partial charge in [0, 0.05) is 31.0 Å². The first-order valence-electron chi connectivity index (χ1n) is 7.87. The fourth-order valence-corrected chi connectivity index (χ4v) is 4.40. The second kappa shape index (κ2) is 6.94. The molecule has 2 unspecified atom stereocenters. The first kappa shape index (κ1) is 16.5. The Labute approximate surface area is 128 Å². The minimum atomic E-state index is -3.44. The summed E-state index contributed by atoms with van der Waals surface area (Å²) < 4.78 is 29.8. The van der Waals surface area contributed by atoms with Crippen molar-refractivity contribution in [2.75, 3.05) is 0 Å². The van der Waals surface area contributed by atoms with Crippen molar-refractivity contribution in [2.45, 2.75) is 70.0 Å². The van der Waals surface area contributed by atoms with Crippen LogP contribution in [0.2, 0.25) is 0 Å². The Morgan fingerprint density at radius 2 is 2.10 bits per heavy atom. The number of hydrogen-bond donors (Lipinski definition) is 2. The SMILES string of the molecule is CCn1cc(S(=O)(=O)NC2CCCC(C)CC2)cc1CN. The zero-order valence-corrected chi connectivity index (χ0v) is 13.8. The Hall–Kier alpha value is -0.850. The molecule has 1 aliphatic rings. The molecule has 6 heteroatoms. The third-order valence-electron chi connectivity index (χ3n) is 4.40. The van der Waals surface area contributed by atoms with Crippen LogP contribution in [0.3, 0.4) is 0 Å². The zero-order chi connectivity index (χ0) is 15.5. The van der Waals surface area contributed by atoms with Crippen molar-refractivity contribution in [1.82, 2.24) is 9.29 Å². The van der Waals surface area contributed by atoms with Gasteiger partial charge >= 0.3 is 0 Å². The standard InChI is InChI=1S/C15H27N3O2S/c1-3-18-11-15(9-14(18)10-16)21(19,20)17-13-6-4-5-12(2)7-8-13/h9,11-13,17H,3-8,10,16H2,1-2H3. The van der Waals surface area contributed by atoms with Crippen LogP contribution in [-0.2, 0) is 23.1 Å². The molecule has 0 aliphatic heterocycles. The topological polar surface area (TPSA) is 77.1 Å². The highest BCUT2D eigenvalue weighted by Gasteiger charge is 2.24. The molecule has 0 amide bonds. The van der Waals surface area contributed by atoms with Crippen LogP contribution in [0.15, 0.2) is 17.2 Å². The van der Waals surface area contributed by atoms with E-state index in [1.165, 1.54) is 6.42 Å². The number of nitrogens with two attached hydrogens (primary N) is 1. The Morgan fingerprint density at radius 3 is 2.71 bits per heavy atom. The number of aromatic nitrogens is 1. The molecular weight excluding hydrogens is 286 g/mol. The molecule has 0 aromatic carbocycles. The van der Waals surface area contributed by atoms with Gasteiger partial charge in [-0.25, -0.2) is 13.1 Å². The second-order valence-electron chi connectivity index (χ2n) is 6.09. The average Bonchev–Trinajstić information content (AvgIpc) is 2.78. The largest absolute Gasteiger partial charge is 0.349 e. The molecule has 0 radical (unpaired) electrons. The van der Waals surface area contributed by atoms with Crippen molar-refractivity contribution in [3.8, 4) is 0 Å². The fourth-order valence-electron chi connectivity index (χ4n) is 3.03. The maximum absolute atomic E-state index is 12.5. The lowest BCUT2D eigenvalue weighted by Crippen LogP contribution is -2.34. The van der Waals surface area contributed by atoms with Crippen LogP contribution < -0.4 is 10.5 Å². The summed E-state index contributed by atoms with van der Waals surface area (Å²) in [5.74, 6) is 0.699. The molecule has 21 heavy (non-hydrogen) atoms. The van der Waals surface area contributed by atoms with Gasteiger partial charge in [-0.3, -0.25) is 0 Å². The van der Waals surface area contributed by atoms with E-state index < -0.39 is 10.0 Å². The summed E-state index contributed by atoms with van der Waals surface area (Å²) in [6, 6.07) is 1.75. The van der Waals surface area contributed by atoms with E-state index >= 15 is 0 Å². The summed E-state index contributed by atoms with van der Waals surface area (Å²) in [5.41, 5.74) is 6.52. The highest BCUT2D eigenvalue weighted by atomic mass is 32.2. The Balaban J connectivity index is 2.12. The van der Waals surface area contributed by atoms with Gasteiger partial charge < -0.3 is 10.3 Å². The van der Waals surface area contributed by atoms with Gasteiger partial charge in [-0.1, -0.05) is 19.8 Å². The highest BCUT2D eigenvalue weighted by molar-refractivity contribution is 7.89. The minimum Gasteiger partial charge on any atom is -0.349 e. The summed E-state index contributed by atoms with van der Waals surface area (Å²) in [6.07, 6.45) is 6.93. The van der Waals surface area contributed by atoms with E-state index in [0.717, 1.165) is 37.9 Å². The maximum atomic E-state index is 12.5. The quantitative estimate of drug-likeness (QED) is 0.818. The van der Waals surface area contributed by atoms with Gasteiger partial charge in [0.1, 0.15) is 0 Å². The predicted octanol–water partition coefficient (Wildman–Crippen LogP) is 2.21. The van der Waals surface area contributed by atoms with Gasteiger partial charge in [0.05, 0.1) is 4.90 Å². The van der Waals surface area contributed by atoms with E-state index in [4.69, 9.17) is 5.73 Å². The van der Waals surface area contributed by atoms with Gasteiger partial charge in [-0.2, -0.15) is 0 Å². The number of nitrogens with zero attached hydrogens (tertiary/aromatic N) is 1. The van der Waals surface area contributed by atoms with E-state index in [1.54, 1.807) is 12.3 Å². The molecule has 1 fully saturated rings. The number of aryl methyl sites for hydroxylation is 1. The van der Waals surface area contributed by atoms with E-state index in [1.807, 2.05) is 11.5 Å². The molecule has 2 atom stereocenters. The third-order valence-corrected chi connectivity index (χ3v) is 5.89. The molecule has 2 rings (SSSR count).